The fraction of sp³-hybridized carbons (Fsp3) is 0.571. The number of halogens is 4. The Balaban J connectivity index is 2.38. The van der Waals surface area contributed by atoms with Crippen molar-refractivity contribution in [2.24, 2.45) is 0 Å². The Morgan fingerprint density at radius 1 is 1.25 bits per heavy atom. The monoisotopic (exact) mass is 353 g/mol. The normalized spacial score (nSPS) is 11.9. The molecule has 0 aliphatic rings. The fourth-order valence-corrected chi connectivity index (χ4v) is 2.12. The first-order chi connectivity index (χ1) is 9.30. The number of hydrogen-bond acceptors (Lipinski definition) is 2. The molecule has 0 unspecified atom stereocenters. The molecule has 1 rings (SSSR count). The molecular weight excluding hydrogens is 335 g/mol. The summed E-state index contributed by atoms with van der Waals surface area (Å²) in [5.74, 6) is 0. The van der Waals surface area contributed by atoms with Gasteiger partial charge >= 0.3 is 6.18 Å². The smallest absolute Gasteiger partial charge is 0.384 e. The Labute approximate surface area is 125 Å². The molecule has 2 nitrogen and oxygen atoms in total. The highest BCUT2D eigenvalue weighted by Crippen LogP contribution is 2.33. The van der Waals surface area contributed by atoms with Gasteiger partial charge in [0.25, 0.3) is 0 Å². The molecule has 0 bridgehead atoms. The molecule has 0 saturated heterocycles. The average molecular weight is 354 g/mol. The lowest BCUT2D eigenvalue weighted by Gasteiger charge is -2.12. The quantitative estimate of drug-likeness (QED) is 0.689. The summed E-state index contributed by atoms with van der Waals surface area (Å²) < 4.78 is 43.3. The Kier molecular flexibility index (Phi) is 6.82. The Hall–Kier alpha value is -0.750. The Morgan fingerprint density at radius 3 is 2.50 bits per heavy atom. The summed E-state index contributed by atoms with van der Waals surface area (Å²) in [6.45, 7) is 5.37. The maximum absolute atomic E-state index is 12.5. The first kappa shape index (κ1) is 17.3. The molecule has 0 spiro atoms. The zero-order valence-electron chi connectivity index (χ0n) is 11.6. The predicted molar refractivity (Wildman–Crippen MR) is 78.0 cm³/mol. The largest absolute Gasteiger partial charge is 0.416 e. The van der Waals surface area contributed by atoms with Crippen molar-refractivity contribution in [3.05, 3.63) is 28.2 Å². The first-order valence-corrected chi connectivity index (χ1v) is 7.32. The van der Waals surface area contributed by atoms with E-state index in [0.29, 0.717) is 23.3 Å². The number of benzene rings is 1. The van der Waals surface area contributed by atoms with Crippen molar-refractivity contribution in [3.63, 3.8) is 0 Å². The molecule has 114 valence electrons. The molecule has 0 fully saturated rings. The highest BCUT2D eigenvalue weighted by atomic mass is 79.9. The maximum Gasteiger partial charge on any atom is 0.416 e. The van der Waals surface area contributed by atoms with Gasteiger partial charge < -0.3 is 10.1 Å². The number of alkyl halides is 3. The van der Waals surface area contributed by atoms with Crippen LogP contribution in [-0.4, -0.2) is 19.3 Å². The molecule has 6 heteroatoms. The third-order valence-corrected chi connectivity index (χ3v) is 3.29. The maximum atomic E-state index is 12.5. The van der Waals surface area contributed by atoms with Gasteiger partial charge in [-0.25, -0.2) is 0 Å². The topological polar surface area (TPSA) is 21.3 Å². The summed E-state index contributed by atoms with van der Waals surface area (Å²) >= 11 is 3.15. The minimum absolute atomic E-state index is 0.229. The van der Waals surface area contributed by atoms with Crippen LogP contribution in [0.15, 0.2) is 22.7 Å². The van der Waals surface area contributed by atoms with Crippen LogP contribution in [0, 0.1) is 0 Å². The van der Waals surface area contributed by atoms with Gasteiger partial charge in [-0.05, 0) is 60.8 Å². The zero-order valence-corrected chi connectivity index (χ0v) is 13.1. The molecule has 0 aromatic heterocycles. The Bertz CT molecular complexity index is 421. The second-order valence-electron chi connectivity index (χ2n) is 4.75. The van der Waals surface area contributed by atoms with Crippen LogP contribution in [0.5, 0.6) is 0 Å². The second kappa shape index (κ2) is 7.88. The Morgan fingerprint density at radius 2 is 1.95 bits per heavy atom. The number of rotatable bonds is 7. The zero-order chi connectivity index (χ0) is 15.2. The number of ether oxygens (including phenoxy) is 1. The van der Waals surface area contributed by atoms with Crippen molar-refractivity contribution in [2.75, 3.05) is 18.5 Å². The van der Waals surface area contributed by atoms with Crippen LogP contribution in [0.4, 0.5) is 18.9 Å². The summed E-state index contributed by atoms with van der Waals surface area (Å²) in [7, 11) is 0. The molecular formula is C14H19BrF3NO. The van der Waals surface area contributed by atoms with Crippen molar-refractivity contribution in [1.29, 1.82) is 0 Å². The van der Waals surface area contributed by atoms with Gasteiger partial charge in [0.15, 0.2) is 0 Å². The van der Waals surface area contributed by atoms with E-state index in [9.17, 15) is 13.2 Å². The van der Waals surface area contributed by atoms with Gasteiger partial charge in [0, 0.05) is 23.3 Å². The van der Waals surface area contributed by atoms with Crippen LogP contribution >= 0.6 is 15.9 Å². The van der Waals surface area contributed by atoms with Crippen LogP contribution in [0.3, 0.4) is 0 Å². The van der Waals surface area contributed by atoms with Crippen molar-refractivity contribution in [2.45, 2.75) is 39.0 Å². The van der Waals surface area contributed by atoms with Gasteiger partial charge in [-0.2, -0.15) is 13.2 Å². The SMILES string of the molecule is CC(C)OCCCCNc1ccc(C(F)(F)F)cc1Br. The number of nitrogens with one attached hydrogen (secondary N) is 1. The highest BCUT2D eigenvalue weighted by Gasteiger charge is 2.30. The second-order valence-corrected chi connectivity index (χ2v) is 5.60. The number of unbranched alkanes of at least 4 members (excludes halogenated alkanes) is 1. The van der Waals surface area contributed by atoms with Crippen LogP contribution in [-0.2, 0) is 10.9 Å². The summed E-state index contributed by atoms with van der Waals surface area (Å²) in [6.07, 6.45) is -2.26. The lowest BCUT2D eigenvalue weighted by atomic mass is 10.2. The van der Waals surface area contributed by atoms with Gasteiger partial charge in [0.05, 0.1) is 11.7 Å². The van der Waals surface area contributed by atoms with E-state index in [1.54, 1.807) is 0 Å². The van der Waals surface area contributed by atoms with E-state index in [4.69, 9.17) is 4.74 Å². The molecule has 0 aliphatic carbocycles. The molecule has 0 radical (unpaired) electrons. The van der Waals surface area contributed by atoms with E-state index in [1.165, 1.54) is 6.07 Å². The van der Waals surface area contributed by atoms with E-state index in [2.05, 4.69) is 21.2 Å². The molecule has 0 heterocycles. The van der Waals surface area contributed by atoms with Crippen molar-refractivity contribution >= 4 is 21.6 Å². The number of anilines is 1. The lowest BCUT2D eigenvalue weighted by Crippen LogP contribution is -2.08. The summed E-state index contributed by atoms with van der Waals surface area (Å²) in [5.41, 5.74) is 0.0167. The highest BCUT2D eigenvalue weighted by molar-refractivity contribution is 9.10. The molecule has 0 amide bonds. The van der Waals surface area contributed by atoms with Crippen LogP contribution < -0.4 is 5.32 Å². The summed E-state index contributed by atoms with van der Waals surface area (Å²) in [6, 6.07) is 3.61. The van der Waals surface area contributed by atoms with Gasteiger partial charge in [-0.15, -0.1) is 0 Å². The lowest BCUT2D eigenvalue weighted by molar-refractivity contribution is -0.137. The molecule has 20 heavy (non-hydrogen) atoms. The minimum Gasteiger partial charge on any atom is -0.384 e. The van der Waals surface area contributed by atoms with E-state index in [-0.39, 0.29) is 6.10 Å². The fourth-order valence-electron chi connectivity index (χ4n) is 1.60. The van der Waals surface area contributed by atoms with Crippen LogP contribution in [0.2, 0.25) is 0 Å². The van der Waals surface area contributed by atoms with Crippen molar-refractivity contribution in [3.8, 4) is 0 Å². The summed E-state index contributed by atoms with van der Waals surface area (Å²) in [4.78, 5) is 0. The van der Waals surface area contributed by atoms with E-state index in [1.807, 2.05) is 13.8 Å². The average Bonchev–Trinajstić information content (AvgIpc) is 2.33. The molecule has 0 aliphatic heterocycles. The standard InChI is InChI=1S/C14H19BrF3NO/c1-10(2)20-8-4-3-7-19-13-6-5-11(9-12(13)15)14(16,17)18/h5-6,9-10,19H,3-4,7-8H2,1-2H3. The third kappa shape index (κ3) is 6.13. The number of hydrogen-bond donors (Lipinski definition) is 1. The van der Waals surface area contributed by atoms with Gasteiger partial charge in [-0.1, -0.05) is 0 Å². The van der Waals surface area contributed by atoms with Crippen molar-refractivity contribution in [1.82, 2.24) is 0 Å². The van der Waals surface area contributed by atoms with Crippen LogP contribution in [0.25, 0.3) is 0 Å². The van der Waals surface area contributed by atoms with Gasteiger partial charge in [0.1, 0.15) is 0 Å². The van der Waals surface area contributed by atoms with Crippen LogP contribution in [0.1, 0.15) is 32.3 Å². The molecule has 1 aromatic carbocycles. The van der Waals surface area contributed by atoms with E-state index in [0.717, 1.165) is 25.0 Å². The van der Waals surface area contributed by atoms with E-state index < -0.39 is 11.7 Å². The van der Waals surface area contributed by atoms with E-state index >= 15 is 0 Å². The minimum atomic E-state index is -4.31. The molecule has 1 aromatic rings. The summed E-state index contributed by atoms with van der Waals surface area (Å²) in [5, 5.41) is 3.11. The third-order valence-electron chi connectivity index (χ3n) is 2.63. The molecule has 0 atom stereocenters. The van der Waals surface area contributed by atoms with Gasteiger partial charge in [0.2, 0.25) is 0 Å². The first-order valence-electron chi connectivity index (χ1n) is 6.53. The molecule has 0 saturated carbocycles. The predicted octanol–water partition coefficient (Wildman–Crippen LogP) is 5.09. The molecule has 1 N–H and O–H groups in total. The van der Waals surface area contributed by atoms with Gasteiger partial charge in [-0.3, -0.25) is 0 Å². The van der Waals surface area contributed by atoms with Crippen molar-refractivity contribution < 1.29 is 17.9 Å².